The molecule has 0 unspecified atom stereocenters. The van der Waals surface area contributed by atoms with Crippen molar-refractivity contribution < 1.29 is 4.74 Å². The first-order valence-corrected chi connectivity index (χ1v) is 7.33. The van der Waals surface area contributed by atoms with Crippen molar-refractivity contribution in [2.45, 2.75) is 12.8 Å². The van der Waals surface area contributed by atoms with Gasteiger partial charge in [0.25, 0.3) is 0 Å². The van der Waals surface area contributed by atoms with Crippen molar-refractivity contribution in [3.8, 4) is 11.5 Å². The molecule has 0 bridgehead atoms. The molecule has 3 aromatic rings. The summed E-state index contributed by atoms with van der Waals surface area (Å²) < 4.78 is 6.26. The normalized spacial score (nSPS) is 13.1. The monoisotopic (exact) mass is 272 g/mol. The minimum Gasteiger partial charge on any atom is -0.456 e. The van der Waals surface area contributed by atoms with Crippen molar-refractivity contribution in [3.63, 3.8) is 0 Å². The zero-order chi connectivity index (χ0) is 14.1. The molecule has 1 nitrogen and oxygen atoms in total. The van der Waals surface area contributed by atoms with Gasteiger partial charge < -0.3 is 4.74 Å². The summed E-state index contributed by atoms with van der Waals surface area (Å²) >= 11 is 0. The van der Waals surface area contributed by atoms with Gasteiger partial charge in [0.1, 0.15) is 11.5 Å². The Kier molecular flexibility index (Phi) is 2.97. The lowest BCUT2D eigenvalue weighted by molar-refractivity contribution is 0.482. The van der Waals surface area contributed by atoms with E-state index in [1.54, 1.807) is 0 Å². The van der Waals surface area contributed by atoms with E-state index in [2.05, 4.69) is 42.5 Å². The lowest BCUT2D eigenvalue weighted by Crippen LogP contribution is -2.01. The van der Waals surface area contributed by atoms with Crippen LogP contribution in [-0.2, 0) is 12.8 Å². The van der Waals surface area contributed by atoms with Crippen LogP contribution in [-0.4, -0.2) is 0 Å². The van der Waals surface area contributed by atoms with Gasteiger partial charge in [-0.1, -0.05) is 60.7 Å². The first kappa shape index (κ1) is 12.2. The summed E-state index contributed by atoms with van der Waals surface area (Å²) in [5.41, 5.74) is 2.70. The summed E-state index contributed by atoms with van der Waals surface area (Å²) in [5.74, 6) is 1.91. The van der Waals surface area contributed by atoms with Crippen LogP contribution >= 0.6 is 0 Å². The molecular formula is C20H16O. The first-order valence-electron chi connectivity index (χ1n) is 7.33. The third kappa shape index (κ3) is 2.21. The van der Waals surface area contributed by atoms with Crippen LogP contribution in [0.2, 0.25) is 0 Å². The molecule has 21 heavy (non-hydrogen) atoms. The van der Waals surface area contributed by atoms with Crippen molar-refractivity contribution in [3.05, 3.63) is 83.9 Å². The fourth-order valence-electron chi connectivity index (χ4n) is 2.95. The number of rotatable bonds is 2. The molecule has 0 radical (unpaired) electrons. The van der Waals surface area contributed by atoms with Gasteiger partial charge >= 0.3 is 0 Å². The number of allylic oxidation sites excluding steroid dienone is 2. The summed E-state index contributed by atoms with van der Waals surface area (Å²) in [6.07, 6.45) is 6.41. The fraction of sp³-hybridized carbons (Fsp3) is 0.100. The first-order chi connectivity index (χ1) is 10.4. The van der Waals surface area contributed by atoms with E-state index in [0.717, 1.165) is 24.3 Å². The fourth-order valence-corrected chi connectivity index (χ4v) is 2.95. The SMILES string of the molecule is C1=CCc2c(cc3ccccc3c2Oc2ccccc2)C1. The van der Waals surface area contributed by atoms with Crippen molar-refractivity contribution in [2.75, 3.05) is 0 Å². The van der Waals surface area contributed by atoms with Crippen LogP contribution in [0, 0.1) is 0 Å². The summed E-state index contributed by atoms with van der Waals surface area (Å²) in [7, 11) is 0. The van der Waals surface area contributed by atoms with Crippen LogP contribution in [0.25, 0.3) is 10.8 Å². The number of benzene rings is 3. The highest BCUT2D eigenvalue weighted by atomic mass is 16.5. The molecule has 0 saturated carbocycles. The Morgan fingerprint density at radius 1 is 0.762 bits per heavy atom. The predicted octanol–water partition coefficient (Wildman–Crippen LogP) is 5.29. The Bertz CT molecular complexity index is 816. The molecule has 0 N–H and O–H groups in total. The van der Waals surface area contributed by atoms with E-state index in [1.807, 2.05) is 30.3 Å². The van der Waals surface area contributed by atoms with Gasteiger partial charge in [-0.25, -0.2) is 0 Å². The van der Waals surface area contributed by atoms with E-state index in [0.29, 0.717) is 0 Å². The molecule has 1 aliphatic rings. The molecule has 0 aliphatic heterocycles. The van der Waals surface area contributed by atoms with Crippen molar-refractivity contribution in [1.82, 2.24) is 0 Å². The standard InChI is InChI=1S/C20H16O/c1-2-10-17(11-3-1)21-20-18-12-6-4-8-15(18)14-16-9-5-7-13-19(16)20/h1-8,10-12,14H,9,13H2. The molecule has 102 valence electrons. The molecule has 0 spiro atoms. The molecule has 3 aromatic carbocycles. The van der Waals surface area contributed by atoms with Gasteiger partial charge in [0.2, 0.25) is 0 Å². The lowest BCUT2D eigenvalue weighted by atomic mass is 9.92. The van der Waals surface area contributed by atoms with Gasteiger partial charge in [-0.15, -0.1) is 0 Å². The topological polar surface area (TPSA) is 9.23 Å². The van der Waals surface area contributed by atoms with E-state index >= 15 is 0 Å². The van der Waals surface area contributed by atoms with E-state index in [-0.39, 0.29) is 0 Å². The van der Waals surface area contributed by atoms with Crippen LogP contribution in [0.1, 0.15) is 11.1 Å². The molecular weight excluding hydrogens is 256 g/mol. The van der Waals surface area contributed by atoms with Crippen molar-refractivity contribution >= 4 is 10.8 Å². The summed E-state index contributed by atoms with van der Waals surface area (Å²) in [5, 5.41) is 2.44. The minimum absolute atomic E-state index is 0.894. The quantitative estimate of drug-likeness (QED) is 0.576. The second-order valence-electron chi connectivity index (χ2n) is 5.36. The van der Waals surface area contributed by atoms with E-state index < -0.39 is 0 Å². The van der Waals surface area contributed by atoms with E-state index in [4.69, 9.17) is 4.74 Å². The van der Waals surface area contributed by atoms with Gasteiger partial charge in [-0.3, -0.25) is 0 Å². The second-order valence-corrected chi connectivity index (χ2v) is 5.36. The molecule has 0 saturated heterocycles. The minimum atomic E-state index is 0.894. The number of para-hydroxylation sites is 1. The molecule has 0 atom stereocenters. The zero-order valence-corrected chi connectivity index (χ0v) is 11.8. The maximum absolute atomic E-state index is 6.26. The lowest BCUT2D eigenvalue weighted by Gasteiger charge is -2.19. The zero-order valence-electron chi connectivity index (χ0n) is 11.8. The van der Waals surface area contributed by atoms with Crippen molar-refractivity contribution in [1.29, 1.82) is 0 Å². The highest BCUT2D eigenvalue weighted by molar-refractivity contribution is 5.91. The van der Waals surface area contributed by atoms with E-state index in [9.17, 15) is 0 Å². The van der Waals surface area contributed by atoms with Gasteiger partial charge in [0, 0.05) is 10.9 Å². The molecule has 0 aromatic heterocycles. The Morgan fingerprint density at radius 3 is 2.43 bits per heavy atom. The average Bonchev–Trinajstić information content (AvgIpc) is 2.55. The van der Waals surface area contributed by atoms with E-state index in [1.165, 1.54) is 21.9 Å². The number of hydrogen-bond acceptors (Lipinski definition) is 1. The summed E-state index contributed by atoms with van der Waals surface area (Å²) in [6.45, 7) is 0. The molecule has 0 heterocycles. The second kappa shape index (κ2) is 5.10. The molecule has 1 heteroatoms. The van der Waals surface area contributed by atoms with Crippen LogP contribution < -0.4 is 4.74 Å². The molecule has 4 rings (SSSR count). The average molecular weight is 272 g/mol. The van der Waals surface area contributed by atoms with Crippen LogP contribution in [0.3, 0.4) is 0 Å². The maximum Gasteiger partial charge on any atom is 0.139 e. The Morgan fingerprint density at radius 2 is 1.52 bits per heavy atom. The highest BCUT2D eigenvalue weighted by Crippen LogP contribution is 2.38. The highest BCUT2D eigenvalue weighted by Gasteiger charge is 2.15. The smallest absolute Gasteiger partial charge is 0.139 e. The maximum atomic E-state index is 6.26. The Hall–Kier alpha value is -2.54. The Balaban J connectivity index is 1.93. The largest absolute Gasteiger partial charge is 0.456 e. The number of ether oxygens (including phenoxy) is 1. The molecule has 0 fully saturated rings. The predicted molar refractivity (Wildman–Crippen MR) is 87.0 cm³/mol. The number of hydrogen-bond donors (Lipinski definition) is 0. The van der Waals surface area contributed by atoms with Gasteiger partial charge in [-0.05, 0) is 35.9 Å². The molecule has 1 aliphatic carbocycles. The van der Waals surface area contributed by atoms with Crippen LogP contribution in [0.15, 0.2) is 72.8 Å². The summed E-state index contributed by atoms with van der Waals surface area (Å²) in [6, 6.07) is 20.8. The van der Waals surface area contributed by atoms with Gasteiger partial charge in [0.05, 0.1) is 0 Å². The number of fused-ring (bicyclic) bond motifs is 2. The third-order valence-corrected chi connectivity index (χ3v) is 3.99. The third-order valence-electron chi connectivity index (χ3n) is 3.99. The van der Waals surface area contributed by atoms with Crippen LogP contribution in [0.5, 0.6) is 11.5 Å². The summed E-state index contributed by atoms with van der Waals surface area (Å²) in [4.78, 5) is 0. The van der Waals surface area contributed by atoms with Gasteiger partial charge in [0.15, 0.2) is 0 Å². The van der Waals surface area contributed by atoms with Gasteiger partial charge in [-0.2, -0.15) is 0 Å². The van der Waals surface area contributed by atoms with Crippen LogP contribution in [0.4, 0.5) is 0 Å². The van der Waals surface area contributed by atoms with Crippen molar-refractivity contribution in [2.24, 2.45) is 0 Å². The Labute approximate surface area is 124 Å². The molecule has 0 amide bonds.